The van der Waals surface area contributed by atoms with Crippen molar-refractivity contribution in [3.8, 4) is 0 Å². The second-order valence-electron chi connectivity index (χ2n) is 5.67. The molecule has 0 radical (unpaired) electrons. The Bertz CT molecular complexity index is 566. The molecule has 2 unspecified atom stereocenters. The summed E-state index contributed by atoms with van der Waals surface area (Å²) in [5, 5.41) is 13.3. The topological polar surface area (TPSA) is 54.6 Å². The molecule has 2 atom stereocenters. The first-order valence-corrected chi connectivity index (χ1v) is 7.65. The lowest BCUT2D eigenvalue weighted by Gasteiger charge is -2.20. The fourth-order valence-electron chi connectivity index (χ4n) is 2.41. The smallest absolute Gasteiger partial charge is 0.129 e. The van der Waals surface area contributed by atoms with Gasteiger partial charge in [0.2, 0.25) is 0 Å². The largest absolute Gasteiger partial charge is 0.467 e. The second-order valence-corrected chi connectivity index (χ2v) is 5.67. The van der Waals surface area contributed by atoms with E-state index in [4.69, 9.17) is 9.15 Å². The summed E-state index contributed by atoms with van der Waals surface area (Å²) in [6.07, 6.45) is 1.07. The van der Waals surface area contributed by atoms with Gasteiger partial charge in [-0.3, -0.25) is 0 Å². The monoisotopic (exact) mass is 303 g/mol. The number of rotatable bonds is 8. The van der Waals surface area contributed by atoms with E-state index in [-0.39, 0.29) is 12.6 Å². The lowest BCUT2D eigenvalue weighted by atomic mass is 9.98. The molecule has 4 heteroatoms. The molecule has 0 aliphatic carbocycles. The number of benzene rings is 1. The first-order valence-electron chi connectivity index (χ1n) is 7.65. The van der Waals surface area contributed by atoms with Crippen molar-refractivity contribution in [2.24, 2.45) is 0 Å². The molecule has 0 aliphatic rings. The maximum atomic E-state index is 9.98. The zero-order valence-corrected chi connectivity index (χ0v) is 13.5. The molecule has 0 aliphatic heterocycles. The van der Waals surface area contributed by atoms with E-state index in [0.29, 0.717) is 13.2 Å². The highest BCUT2D eigenvalue weighted by Crippen LogP contribution is 2.19. The number of nitrogens with one attached hydrogen (secondary N) is 1. The number of aliphatic hydroxyl groups excluding tert-OH is 1. The molecular weight excluding hydrogens is 278 g/mol. The molecule has 2 rings (SSSR count). The second kappa shape index (κ2) is 8.13. The van der Waals surface area contributed by atoms with Crippen LogP contribution in [-0.2, 0) is 11.3 Å². The Morgan fingerprint density at radius 2 is 2.05 bits per heavy atom. The molecule has 2 N–H and O–H groups in total. The zero-order valence-electron chi connectivity index (χ0n) is 13.5. The summed E-state index contributed by atoms with van der Waals surface area (Å²) in [5.41, 5.74) is 3.85. The maximum absolute atomic E-state index is 9.98. The van der Waals surface area contributed by atoms with Gasteiger partial charge in [0, 0.05) is 12.6 Å². The van der Waals surface area contributed by atoms with Crippen molar-refractivity contribution < 1.29 is 14.3 Å². The Kier molecular flexibility index (Phi) is 6.19. The summed E-state index contributed by atoms with van der Waals surface area (Å²) in [6.45, 7) is 7.52. The molecule has 2 aromatic rings. The van der Waals surface area contributed by atoms with Gasteiger partial charge in [-0.2, -0.15) is 0 Å². The predicted octanol–water partition coefficient (Wildman–Crippen LogP) is 3.12. The highest BCUT2D eigenvalue weighted by atomic mass is 16.5. The van der Waals surface area contributed by atoms with Crippen LogP contribution in [0.15, 0.2) is 41.0 Å². The SMILES string of the molecule is Cc1cccc(C(C)NCC(O)COCc2ccco2)c1C. The van der Waals surface area contributed by atoms with Gasteiger partial charge in [-0.05, 0) is 49.6 Å². The number of hydrogen-bond donors (Lipinski definition) is 2. The van der Waals surface area contributed by atoms with Crippen LogP contribution >= 0.6 is 0 Å². The van der Waals surface area contributed by atoms with Crippen LogP contribution in [0.25, 0.3) is 0 Å². The van der Waals surface area contributed by atoms with Gasteiger partial charge < -0.3 is 19.6 Å². The number of aryl methyl sites for hydroxylation is 1. The Morgan fingerprint density at radius 1 is 1.23 bits per heavy atom. The predicted molar refractivity (Wildman–Crippen MR) is 86.7 cm³/mol. The average Bonchev–Trinajstić information content (AvgIpc) is 3.01. The summed E-state index contributed by atoms with van der Waals surface area (Å²) in [6, 6.07) is 10.2. The third-order valence-corrected chi connectivity index (χ3v) is 3.91. The fourth-order valence-corrected chi connectivity index (χ4v) is 2.41. The maximum Gasteiger partial charge on any atom is 0.129 e. The summed E-state index contributed by atoms with van der Waals surface area (Å²) < 4.78 is 10.6. The molecule has 0 saturated carbocycles. The quantitative estimate of drug-likeness (QED) is 0.786. The van der Waals surface area contributed by atoms with Crippen molar-refractivity contribution in [1.29, 1.82) is 0 Å². The van der Waals surface area contributed by atoms with Crippen molar-refractivity contribution in [2.45, 2.75) is 39.5 Å². The van der Waals surface area contributed by atoms with E-state index in [2.05, 4.69) is 44.3 Å². The molecule has 120 valence electrons. The van der Waals surface area contributed by atoms with Crippen LogP contribution in [0.1, 0.15) is 35.4 Å². The Balaban J connectivity index is 1.73. The summed E-state index contributed by atoms with van der Waals surface area (Å²) in [4.78, 5) is 0. The zero-order chi connectivity index (χ0) is 15.9. The van der Waals surface area contributed by atoms with E-state index in [0.717, 1.165) is 5.76 Å². The molecule has 0 bridgehead atoms. The van der Waals surface area contributed by atoms with Crippen LogP contribution < -0.4 is 5.32 Å². The molecular formula is C18H25NO3. The number of ether oxygens (including phenoxy) is 1. The van der Waals surface area contributed by atoms with Crippen molar-refractivity contribution in [2.75, 3.05) is 13.2 Å². The Labute approximate surface area is 132 Å². The Morgan fingerprint density at radius 3 is 2.77 bits per heavy atom. The third kappa shape index (κ3) is 4.70. The van der Waals surface area contributed by atoms with Crippen molar-refractivity contribution >= 4 is 0 Å². The molecule has 0 saturated heterocycles. The van der Waals surface area contributed by atoms with Gasteiger partial charge in [-0.25, -0.2) is 0 Å². The molecule has 0 spiro atoms. The molecule has 0 fully saturated rings. The van der Waals surface area contributed by atoms with E-state index in [1.54, 1.807) is 6.26 Å². The minimum atomic E-state index is -0.539. The summed E-state index contributed by atoms with van der Waals surface area (Å²) in [5.74, 6) is 0.768. The van der Waals surface area contributed by atoms with E-state index < -0.39 is 6.10 Å². The fraction of sp³-hybridized carbons (Fsp3) is 0.444. The van der Waals surface area contributed by atoms with Crippen LogP contribution in [0, 0.1) is 13.8 Å². The number of hydrogen-bond acceptors (Lipinski definition) is 4. The highest BCUT2D eigenvalue weighted by molar-refractivity contribution is 5.34. The van der Waals surface area contributed by atoms with Crippen LogP contribution in [-0.4, -0.2) is 24.4 Å². The van der Waals surface area contributed by atoms with E-state index in [1.807, 2.05) is 12.1 Å². The number of furan rings is 1. The summed E-state index contributed by atoms with van der Waals surface area (Å²) >= 11 is 0. The molecule has 1 aromatic heterocycles. The number of aliphatic hydroxyl groups is 1. The lowest BCUT2D eigenvalue weighted by Crippen LogP contribution is -2.32. The van der Waals surface area contributed by atoms with Crippen LogP contribution in [0.4, 0.5) is 0 Å². The van der Waals surface area contributed by atoms with Crippen molar-refractivity contribution in [3.05, 3.63) is 59.0 Å². The molecule has 0 amide bonds. The molecule has 22 heavy (non-hydrogen) atoms. The van der Waals surface area contributed by atoms with Gasteiger partial charge in [0.25, 0.3) is 0 Å². The van der Waals surface area contributed by atoms with Crippen molar-refractivity contribution in [1.82, 2.24) is 5.32 Å². The van der Waals surface area contributed by atoms with Crippen molar-refractivity contribution in [3.63, 3.8) is 0 Å². The van der Waals surface area contributed by atoms with E-state index >= 15 is 0 Å². The van der Waals surface area contributed by atoms with Gasteiger partial charge in [0.05, 0.1) is 19.0 Å². The normalized spacial score (nSPS) is 14.0. The average molecular weight is 303 g/mol. The van der Waals surface area contributed by atoms with Crippen LogP contribution in [0.3, 0.4) is 0 Å². The van der Waals surface area contributed by atoms with E-state index in [9.17, 15) is 5.11 Å². The van der Waals surface area contributed by atoms with E-state index in [1.165, 1.54) is 16.7 Å². The van der Waals surface area contributed by atoms with Gasteiger partial charge in [-0.1, -0.05) is 18.2 Å². The lowest BCUT2D eigenvalue weighted by molar-refractivity contribution is 0.0217. The van der Waals surface area contributed by atoms with Crippen LogP contribution in [0.2, 0.25) is 0 Å². The minimum absolute atomic E-state index is 0.194. The van der Waals surface area contributed by atoms with Gasteiger partial charge >= 0.3 is 0 Å². The first-order chi connectivity index (χ1) is 10.6. The third-order valence-electron chi connectivity index (χ3n) is 3.91. The molecule has 1 heterocycles. The Hall–Kier alpha value is -1.62. The first kappa shape index (κ1) is 16.7. The van der Waals surface area contributed by atoms with Gasteiger partial charge in [0.15, 0.2) is 0 Å². The highest BCUT2D eigenvalue weighted by Gasteiger charge is 2.11. The van der Waals surface area contributed by atoms with Gasteiger partial charge in [0.1, 0.15) is 12.4 Å². The van der Waals surface area contributed by atoms with Gasteiger partial charge in [-0.15, -0.1) is 0 Å². The van der Waals surface area contributed by atoms with Crippen LogP contribution in [0.5, 0.6) is 0 Å². The minimum Gasteiger partial charge on any atom is -0.467 e. The molecule has 1 aromatic carbocycles. The standard InChI is InChI=1S/C18H25NO3/c1-13-6-4-8-18(14(13)2)15(3)19-10-16(20)11-21-12-17-7-5-9-22-17/h4-9,15-16,19-20H,10-12H2,1-3H3. The summed E-state index contributed by atoms with van der Waals surface area (Å²) in [7, 11) is 0. The molecule has 4 nitrogen and oxygen atoms in total.